The molecule has 41 nitrogen and oxygen atoms in total. The van der Waals surface area contributed by atoms with Crippen molar-refractivity contribution >= 4 is 137 Å². The number of guanidine groups is 1. The Bertz CT molecular complexity index is 3310. The van der Waals surface area contributed by atoms with Gasteiger partial charge in [0, 0.05) is 63.5 Å². The number of carboxylic acid groups (broad SMARTS) is 1. The molecule has 0 saturated carbocycles. The van der Waals surface area contributed by atoms with Crippen molar-refractivity contribution in [2.45, 2.75) is 178 Å². The SMILES string of the molecule is C/C(=N/O)C(C)(C)NCCC(CCNC(=O)CCCC(=O)NCCCC[C@@H]1NC(=O)CSCC(C(=O)NCCOCCOCCOCCNC(=O)COCC(N)=O)NC(=O)[C@H](Cc2ccccc2)NC(=O)C(S)NC(=O)[C@H](CC(=O)O)NC(=O)CNC(=O)[C@H](CCCNC(=N)N)NC(=O)[C@H](CS)NC1=O)CCNC(C)(C)/C(C)=N\O. The van der Waals surface area contributed by atoms with Crippen molar-refractivity contribution < 1.29 is 102 Å². The van der Waals surface area contributed by atoms with Crippen molar-refractivity contribution in [2.24, 2.45) is 27.7 Å². The smallest absolute Gasteiger partial charge is 0.305 e. The van der Waals surface area contributed by atoms with Gasteiger partial charge in [-0.3, -0.25) is 72.5 Å². The Balaban J connectivity index is 2.41. The van der Waals surface area contributed by atoms with Crippen LogP contribution in [0.2, 0.25) is 0 Å². The molecule has 1 heterocycles. The Kier molecular flexibility index (Phi) is 51.2. The molecule has 44 heteroatoms. The van der Waals surface area contributed by atoms with E-state index in [-0.39, 0.29) is 159 Å². The standard InChI is InChI=1S/C71H120N20O21S3/c1-44(90-107)70(3,4)81-26-21-46(22-27-82-71(5,6)45(2)91-108)20-25-76-56(94)19-12-18-55(93)75-23-11-10-16-49-63(102)87-52(41-113)66(105)85-48(17-13-24-79-69(73)74)61(100)80-38-57(95)84-51(37-60(98)99)65(104)89-68(114)67(106)86-50(36-47-14-8-7-9-15-47)64(103)88-53(42-115-43-59(97)83-49)62(101)78-29-31-110-33-35-111-34-32-109-30-28-77-58(96)40-112-39-54(72)92/h7-9,14-15,46,48-53,68,81-82,107-108,113-114H,10-13,16-43H2,1-6H3,(H2,72,92)(H,75,93)(H,76,94)(H,77,96)(H,78,101)(H,80,100)(H,83,97)(H,84,95)(H,85,105)(H,86,106)(H,87,102)(H,88,103)(H,89,104)(H,98,99)(H4,73,74,79)/b90-44-,91-45-/t48-,49-,50-,51-,52-,53?,68?/m0/s1. The first-order valence-corrected chi connectivity index (χ1v) is 40.1. The number of benzene rings is 1. The summed E-state index contributed by atoms with van der Waals surface area (Å²) in [4.78, 5) is 187. The topological polar surface area (TPSA) is 618 Å². The molecule has 2 rings (SSSR count). The fraction of sp³-hybridized carbons (Fsp3) is 0.676. The number of rotatable bonds is 48. The summed E-state index contributed by atoms with van der Waals surface area (Å²) >= 11 is 9.38. The van der Waals surface area contributed by atoms with E-state index in [1.54, 1.807) is 44.2 Å². The number of nitrogens with zero attached hydrogens (tertiary/aromatic N) is 2. The van der Waals surface area contributed by atoms with Crippen LogP contribution in [0.25, 0.3) is 0 Å². The number of unbranched alkanes of at least 4 members (excludes halogenated alkanes) is 1. The van der Waals surface area contributed by atoms with Gasteiger partial charge in [-0.25, -0.2) is 0 Å². The van der Waals surface area contributed by atoms with Crippen molar-refractivity contribution in [3.05, 3.63) is 35.9 Å². The van der Waals surface area contributed by atoms with E-state index < -0.39 is 155 Å². The molecule has 1 saturated heterocycles. The molecular formula is C71H120N20O21S3. The Morgan fingerprint density at radius 2 is 1.07 bits per heavy atom. The van der Waals surface area contributed by atoms with Crippen LogP contribution >= 0.6 is 37.0 Å². The van der Waals surface area contributed by atoms with Crippen molar-refractivity contribution in [3.8, 4) is 0 Å². The Labute approximate surface area is 684 Å². The van der Waals surface area contributed by atoms with Gasteiger partial charge in [-0.1, -0.05) is 40.6 Å². The van der Waals surface area contributed by atoms with Crippen molar-refractivity contribution in [1.29, 1.82) is 5.41 Å². The van der Waals surface area contributed by atoms with Crippen LogP contribution in [0.4, 0.5) is 0 Å². The molecule has 0 aromatic heterocycles. The highest BCUT2D eigenvalue weighted by molar-refractivity contribution is 8.00. The van der Waals surface area contributed by atoms with E-state index in [2.05, 4.69) is 115 Å². The largest absolute Gasteiger partial charge is 0.481 e. The Morgan fingerprint density at radius 3 is 1.65 bits per heavy atom. The lowest BCUT2D eigenvalue weighted by Crippen LogP contribution is -2.58. The second-order valence-electron chi connectivity index (χ2n) is 27.8. The van der Waals surface area contributed by atoms with Gasteiger partial charge in [0.15, 0.2) is 11.3 Å². The average molecular weight is 1690 g/mol. The lowest BCUT2D eigenvalue weighted by atomic mass is 9.94. The second kappa shape index (κ2) is 57.8. The van der Waals surface area contributed by atoms with E-state index in [4.69, 9.17) is 35.8 Å². The number of hydrogen-bond donors (Lipinski definition) is 23. The number of thioether (sulfide) groups is 1. The van der Waals surface area contributed by atoms with E-state index >= 15 is 0 Å². The minimum atomic E-state index is -1.89. The molecule has 1 aromatic carbocycles. The number of thiol groups is 2. The molecule has 0 bridgehead atoms. The number of nitrogens with one attached hydrogen (secondary N) is 16. The highest BCUT2D eigenvalue weighted by atomic mass is 32.2. The number of aliphatic carboxylic acids is 1. The third-order valence-electron chi connectivity index (χ3n) is 17.7. The quantitative estimate of drug-likeness (QED) is 0.00732. The molecular weight excluding hydrogens is 1570 g/mol. The number of carbonyl (C=O) groups is 14. The fourth-order valence-electron chi connectivity index (χ4n) is 10.6. The monoisotopic (exact) mass is 1680 g/mol. The normalized spacial score (nSPS) is 19.4. The van der Waals surface area contributed by atoms with Gasteiger partial charge in [-0.15, -0.1) is 24.4 Å². The molecule has 2 unspecified atom stereocenters. The lowest BCUT2D eigenvalue weighted by Gasteiger charge is -2.28. The van der Waals surface area contributed by atoms with Gasteiger partial charge in [0.2, 0.25) is 70.9 Å². The summed E-state index contributed by atoms with van der Waals surface area (Å²) in [6.45, 7) is 11.8. The zero-order valence-corrected chi connectivity index (χ0v) is 68.8. The average Bonchev–Trinajstić information content (AvgIpc) is 0.992. The van der Waals surface area contributed by atoms with Crippen molar-refractivity contribution in [2.75, 3.05) is 122 Å². The maximum atomic E-state index is 14.5. The van der Waals surface area contributed by atoms with Crippen LogP contribution < -0.4 is 91.2 Å². The molecule has 1 aromatic rings. The first-order chi connectivity index (χ1) is 54.6. The lowest BCUT2D eigenvalue weighted by molar-refractivity contribution is -0.141. The maximum Gasteiger partial charge on any atom is 0.305 e. The van der Waals surface area contributed by atoms with E-state index in [0.29, 0.717) is 43.0 Å². The van der Waals surface area contributed by atoms with Crippen LogP contribution in [0.1, 0.15) is 124 Å². The third kappa shape index (κ3) is 46.2. The Hall–Kier alpha value is -9.18. The molecule has 1 aliphatic rings. The highest BCUT2D eigenvalue weighted by Gasteiger charge is 2.34. The van der Waals surface area contributed by atoms with Crippen LogP contribution in [0.3, 0.4) is 0 Å². The predicted octanol–water partition coefficient (Wildman–Crippen LogP) is -4.38. The number of primary amides is 1. The summed E-state index contributed by atoms with van der Waals surface area (Å²) in [5, 5.41) is 80.9. The number of oxime groups is 2. The molecule has 1 fully saturated rings. The number of carbonyl (C=O) groups excluding carboxylic acids is 13. The third-order valence-corrected chi connectivity index (χ3v) is 19.5. The maximum absolute atomic E-state index is 14.5. The summed E-state index contributed by atoms with van der Waals surface area (Å²) < 4.78 is 21.4. The van der Waals surface area contributed by atoms with Crippen LogP contribution in [0.5, 0.6) is 0 Å². The van der Waals surface area contributed by atoms with Gasteiger partial charge >= 0.3 is 5.97 Å². The van der Waals surface area contributed by atoms with Crippen LogP contribution in [-0.4, -0.2) is 291 Å². The molecule has 7 atom stereocenters. The Morgan fingerprint density at radius 1 is 0.565 bits per heavy atom. The van der Waals surface area contributed by atoms with E-state index in [0.717, 1.165) is 24.6 Å². The number of nitrogens with two attached hydrogens (primary N) is 2. The van der Waals surface area contributed by atoms with Crippen molar-refractivity contribution in [3.63, 3.8) is 0 Å². The summed E-state index contributed by atoms with van der Waals surface area (Å²) in [7, 11) is 0. The summed E-state index contributed by atoms with van der Waals surface area (Å²) in [6, 6.07) is -0.931. The molecule has 23 N–H and O–H groups in total. The second-order valence-corrected chi connectivity index (χ2v) is 29.7. The fourth-order valence-corrected chi connectivity index (χ4v) is 11.9. The van der Waals surface area contributed by atoms with Gasteiger partial charge in [-0.05, 0) is 124 Å². The van der Waals surface area contributed by atoms with E-state index in [9.17, 15) is 82.6 Å². The number of hydrogen-bond acceptors (Lipinski definition) is 28. The van der Waals surface area contributed by atoms with Gasteiger partial charge in [0.25, 0.3) is 5.91 Å². The van der Waals surface area contributed by atoms with E-state index in [1.165, 1.54) is 0 Å². The zero-order chi connectivity index (χ0) is 85.7. The first kappa shape index (κ1) is 102. The number of amides is 13. The molecule has 1 aliphatic heterocycles. The number of carboxylic acids is 1. The molecule has 0 spiro atoms. The molecule has 0 aliphatic carbocycles. The van der Waals surface area contributed by atoms with Crippen LogP contribution in [0, 0.1) is 11.3 Å². The summed E-state index contributed by atoms with van der Waals surface area (Å²) in [5.41, 5.74) is 10.8. The summed E-state index contributed by atoms with van der Waals surface area (Å²) in [6.07, 6.45) is 1.44. The summed E-state index contributed by atoms with van der Waals surface area (Å²) in [5.74, 6) is -13.5. The minimum absolute atomic E-state index is 0.00568. The molecule has 0 radical (unpaired) electrons. The highest BCUT2D eigenvalue weighted by Crippen LogP contribution is 2.17. The van der Waals surface area contributed by atoms with Gasteiger partial charge in [0.05, 0.1) is 80.9 Å². The minimum Gasteiger partial charge on any atom is -0.481 e. The number of ether oxygens (including phenoxy) is 4. The predicted molar refractivity (Wildman–Crippen MR) is 432 cm³/mol. The van der Waals surface area contributed by atoms with Crippen LogP contribution in [-0.2, 0) is 92.5 Å². The molecule has 648 valence electrons. The first-order valence-electron chi connectivity index (χ1n) is 37.8. The van der Waals surface area contributed by atoms with Gasteiger partial charge in [-0.2, -0.15) is 12.6 Å². The van der Waals surface area contributed by atoms with Gasteiger partial charge in [0.1, 0.15) is 49.5 Å². The van der Waals surface area contributed by atoms with Gasteiger partial charge < -0.3 is 126 Å². The molecule has 13 amide bonds. The molecule has 115 heavy (non-hydrogen) atoms. The van der Waals surface area contributed by atoms with Crippen molar-refractivity contribution in [1.82, 2.24) is 79.8 Å². The van der Waals surface area contributed by atoms with Crippen LogP contribution in [0.15, 0.2) is 40.6 Å². The van der Waals surface area contributed by atoms with E-state index in [1.807, 2.05) is 27.7 Å². The zero-order valence-electron chi connectivity index (χ0n) is 66.2.